The first-order valence-electron chi connectivity index (χ1n) is 13.2. The number of benzene rings is 3. The van der Waals surface area contributed by atoms with Crippen molar-refractivity contribution >= 4 is 5.69 Å². The maximum absolute atomic E-state index is 4.91. The fourth-order valence-corrected chi connectivity index (χ4v) is 6.14. The summed E-state index contributed by atoms with van der Waals surface area (Å²) in [6.45, 7) is 23.8. The summed E-state index contributed by atoms with van der Waals surface area (Å²) in [6, 6.07) is 15.5. The second-order valence-electron chi connectivity index (χ2n) is 11.1. The lowest BCUT2D eigenvalue weighted by Gasteiger charge is -2.34. The van der Waals surface area contributed by atoms with E-state index in [1.54, 1.807) is 0 Å². The van der Waals surface area contributed by atoms with Crippen molar-refractivity contribution < 1.29 is 0 Å². The van der Waals surface area contributed by atoms with E-state index >= 15 is 0 Å². The van der Waals surface area contributed by atoms with Crippen LogP contribution in [-0.2, 0) is 0 Å². The van der Waals surface area contributed by atoms with Crippen molar-refractivity contribution in [3.63, 3.8) is 0 Å². The van der Waals surface area contributed by atoms with Gasteiger partial charge in [-0.15, -0.1) is 0 Å². The summed E-state index contributed by atoms with van der Waals surface area (Å²) in [5.74, 6) is 0. The standard InChI is InChI=1S/C34H40N3/c1-19-15-21(3)31(22(4)16-19)29-13-12-14-30(32-23(5)17-20(2)18-24(32)6)33(29)35-37-36-34(11)27(9)25(7)26(8)28(34)10/h12-18H,1-11H3/q-1. The van der Waals surface area contributed by atoms with Crippen molar-refractivity contribution in [3.05, 3.63) is 104 Å². The Bertz CT molecular complexity index is 1350. The smallest absolute Gasteiger partial charge is 0.0293 e. The van der Waals surface area contributed by atoms with Gasteiger partial charge >= 0.3 is 0 Å². The normalized spacial score (nSPS) is 15.3. The molecule has 37 heavy (non-hydrogen) atoms. The van der Waals surface area contributed by atoms with Crippen LogP contribution in [0.3, 0.4) is 0 Å². The highest BCUT2D eigenvalue weighted by Gasteiger charge is 2.32. The third-order valence-electron chi connectivity index (χ3n) is 8.47. The average molecular weight is 491 g/mol. The monoisotopic (exact) mass is 490 g/mol. The predicted molar refractivity (Wildman–Crippen MR) is 159 cm³/mol. The minimum atomic E-state index is -0.460. The summed E-state index contributed by atoms with van der Waals surface area (Å²) in [5.41, 5.74) is 22.5. The van der Waals surface area contributed by atoms with E-state index in [0.717, 1.165) is 16.8 Å². The van der Waals surface area contributed by atoms with Crippen LogP contribution in [0.1, 0.15) is 68.0 Å². The molecule has 0 fully saturated rings. The zero-order valence-electron chi connectivity index (χ0n) is 24.4. The van der Waals surface area contributed by atoms with Gasteiger partial charge in [0.05, 0.1) is 0 Å². The Balaban J connectivity index is 1.94. The number of rotatable bonds is 5. The second kappa shape index (κ2) is 9.78. The molecule has 0 unspecified atom stereocenters. The van der Waals surface area contributed by atoms with E-state index in [2.05, 4.69) is 124 Å². The van der Waals surface area contributed by atoms with Crippen LogP contribution in [0.5, 0.6) is 0 Å². The van der Waals surface area contributed by atoms with Crippen LogP contribution in [-0.4, -0.2) is 5.54 Å². The summed E-state index contributed by atoms with van der Waals surface area (Å²) in [7, 11) is 0. The molecule has 1 aliphatic rings. The first kappa shape index (κ1) is 26.6. The van der Waals surface area contributed by atoms with Gasteiger partial charge in [-0.1, -0.05) is 71.7 Å². The molecule has 3 nitrogen and oxygen atoms in total. The van der Waals surface area contributed by atoms with Gasteiger partial charge in [0.25, 0.3) is 0 Å². The number of allylic oxidation sites excluding steroid dienone is 2. The molecule has 0 N–H and O–H groups in total. The van der Waals surface area contributed by atoms with Gasteiger partial charge in [0.15, 0.2) is 0 Å². The molecule has 3 aromatic rings. The largest absolute Gasteiger partial charge is 0.367 e. The van der Waals surface area contributed by atoms with Crippen LogP contribution in [0.25, 0.3) is 27.7 Å². The minimum Gasteiger partial charge on any atom is -0.367 e. The summed E-state index contributed by atoms with van der Waals surface area (Å²) >= 11 is 0. The maximum Gasteiger partial charge on any atom is 0.0293 e. The molecule has 0 heterocycles. The molecule has 0 atom stereocenters. The molecule has 0 amide bonds. The summed E-state index contributed by atoms with van der Waals surface area (Å²) in [5, 5.41) is 9.48. The Labute approximate surface area is 223 Å². The fraction of sp³-hybridized carbons (Fsp3) is 0.353. The molecular weight excluding hydrogens is 450 g/mol. The first-order chi connectivity index (χ1) is 17.4. The van der Waals surface area contributed by atoms with Gasteiger partial charge in [-0.25, -0.2) is 0 Å². The molecule has 0 bridgehead atoms. The van der Waals surface area contributed by atoms with Gasteiger partial charge in [0.2, 0.25) is 0 Å². The van der Waals surface area contributed by atoms with Gasteiger partial charge < -0.3 is 10.5 Å². The first-order valence-corrected chi connectivity index (χ1v) is 13.2. The van der Waals surface area contributed by atoms with Crippen molar-refractivity contribution in [1.29, 1.82) is 0 Å². The Morgan fingerprint density at radius 2 is 0.973 bits per heavy atom. The van der Waals surface area contributed by atoms with Crippen LogP contribution in [0.4, 0.5) is 5.69 Å². The third-order valence-corrected chi connectivity index (χ3v) is 8.47. The number of aryl methyl sites for hydroxylation is 6. The van der Waals surface area contributed by atoms with Gasteiger partial charge in [0.1, 0.15) is 0 Å². The van der Waals surface area contributed by atoms with Crippen LogP contribution in [0.2, 0.25) is 0 Å². The molecule has 0 saturated heterocycles. The van der Waals surface area contributed by atoms with E-state index in [1.807, 2.05) is 0 Å². The lowest BCUT2D eigenvalue weighted by molar-refractivity contribution is 0.704. The molecule has 0 radical (unpaired) electrons. The topological polar surface area (TPSA) is 38.8 Å². The average Bonchev–Trinajstić information content (AvgIpc) is 2.94. The summed E-state index contributed by atoms with van der Waals surface area (Å²) in [6.07, 6.45) is 0. The van der Waals surface area contributed by atoms with E-state index in [0.29, 0.717) is 0 Å². The van der Waals surface area contributed by atoms with Crippen LogP contribution in [0, 0.1) is 41.5 Å². The second-order valence-corrected chi connectivity index (χ2v) is 11.1. The van der Waals surface area contributed by atoms with Crippen molar-refractivity contribution in [3.8, 4) is 22.3 Å². The van der Waals surface area contributed by atoms with E-state index in [4.69, 9.17) is 10.5 Å². The molecular formula is C34H40N3-. The van der Waals surface area contributed by atoms with E-state index < -0.39 is 5.54 Å². The Morgan fingerprint density at radius 3 is 1.35 bits per heavy atom. The zero-order valence-corrected chi connectivity index (χ0v) is 24.4. The molecule has 192 valence electrons. The number of nitrogens with zero attached hydrogens (tertiary/aromatic N) is 3. The Kier molecular flexibility index (Phi) is 7.03. The lowest BCUT2D eigenvalue weighted by Crippen LogP contribution is -2.23. The molecule has 3 aromatic carbocycles. The SMILES string of the molecule is CC1=C(C)C(C)([N-]N=Nc2c(-c3c(C)cc(C)cc3C)cccc2-c2c(C)cc(C)cc2C)C(C)=C1C. The van der Waals surface area contributed by atoms with E-state index in [-0.39, 0.29) is 0 Å². The number of hydrogen-bond acceptors (Lipinski definition) is 2. The summed E-state index contributed by atoms with van der Waals surface area (Å²) < 4.78 is 0. The fourth-order valence-electron chi connectivity index (χ4n) is 6.14. The quantitative estimate of drug-likeness (QED) is 0.252. The Morgan fingerprint density at radius 1 is 0.595 bits per heavy atom. The molecule has 0 aliphatic heterocycles. The van der Waals surface area contributed by atoms with Gasteiger partial charge in [-0.05, 0) is 131 Å². The van der Waals surface area contributed by atoms with Gasteiger partial charge in [-0.3, -0.25) is 5.22 Å². The maximum atomic E-state index is 4.91. The highest BCUT2D eigenvalue weighted by atomic mass is 15.4. The molecule has 0 saturated carbocycles. The molecule has 0 aromatic heterocycles. The zero-order chi connectivity index (χ0) is 27.2. The third kappa shape index (κ3) is 4.56. The molecule has 0 spiro atoms. The van der Waals surface area contributed by atoms with Crippen LogP contribution < -0.4 is 0 Å². The molecule has 1 aliphatic carbocycles. The minimum absolute atomic E-state index is 0.460. The molecule has 3 heteroatoms. The van der Waals surface area contributed by atoms with E-state index in [1.165, 1.54) is 66.8 Å². The van der Waals surface area contributed by atoms with E-state index in [9.17, 15) is 0 Å². The summed E-state index contributed by atoms with van der Waals surface area (Å²) in [4.78, 5) is 0. The van der Waals surface area contributed by atoms with Crippen LogP contribution >= 0.6 is 0 Å². The van der Waals surface area contributed by atoms with Gasteiger partial charge in [0, 0.05) is 5.54 Å². The van der Waals surface area contributed by atoms with Crippen molar-refractivity contribution in [2.75, 3.05) is 0 Å². The highest BCUT2D eigenvalue weighted by molar-refractivity contribution is 5.92. The lowest BCUT2D eigenvalue weighted by atomic mass is 9.87. The van der Waals surface area contributed by atoms with Crippen molar-refractivity contribution in [1.82, 2.24) is 0 Å². The predicted octanol–water partition coefficient (Wildman–Crippen LogP) is 10.7. The molecule has 4 rings (SSSR count). The Hall–Kier alpha value is -3.46. The van der Waals surface area contributed by atoms with Crippen molar-refractivity contribution in [2.45, 2.75) is 81.7 Å². The van der Waals surface area contributed by atoms with Crippen molar-refractivity contribution in [2.24, 2.45) is 10.3 Å². The van der Waals surface area contributed by atoms with Crippen LogP contribution in [0.15, 0.2) is 75.1 Å². The van der Waals surface area contributed by atoms with Gasteiger partial charge in [-0.2, -0.15) is 0 Å². The highest BCUT2D eigenvalue weighted by Crippen LogP contribution is 2.47. The number of hydrogen-bond donors (Lipinski definition) is 0.